The van der Waals surface area contributed by atoms with Crippen LogP contribution < -0.4 is 15.4 Å². The second-order valence-corrected chi connectivity index (χ2v) is 6.82. The Labute approximate surface area is 152 Å². The molecule has 0 aliphatic carbocycles. The second-order valence-electron chi connectivity index (χ2n) is 6.82. The van der Waals surface area contributed by atoms with E-state index in [9.17, 15) is 4.79 Å². The third-order valence-corrected chi connectivity index (χ3v) is 4.87. The van der Waals surface area contributed by atoms with Crippen molar-refractivity contribution in [2.45, 2.75) is 32.9 Å². The minimum Gasteiger partial charge on any atom is -0.479 e. The Bertz CT molecular complexity index is 961. The van der Waals surface area contributed by atoms with E-state index in [1.807, 2.05) is 18.2 Å². The minimum atomic E-state index is -0.439. The van der Waals surface area contributed by atoms with Crippen molar-refractivity contribution >= 4 is 22.5 Å². The highest BCUT2D eigenvalue weighted by Crippen LogP contribution is 2.30. The Morgan fingerprint density at radius 2 is 2.12 bits per heavy atom. The van der Waals surface area contributed by atoms with Gasteiger partial charge in [0.15, 0.2) is 6.10 Å². The summed E-state index contributed by atoms with van der Waals surface area (Å²) in [5, 5.41) is 7.71. The van der Waals surface area contributed by atoms with Crippen LogP contribution in [-0.4, -0.2) is 23.5 Å². The Morgan fingerprint density at radius 3 is 3.00 bits per heavy atom. The molecule has 26 heavy (non-hydrogen) atoms. The van der Waals surface area contributed by atoms with E-state index in [4.69, 9.17) is 4.74 Å². The van der Waals surface area contributed by atoms with Crippen LogP contribution in [0.5, 0.6) is 5.75 Å². The summed E-state index contributed by atoms with van der Waals surface area (Å²) >= 11 is 0. The molecule has 0 fully saturated rings. The van der Waals surface area contributed by atoms with E-state index in [2.05, 4.69) is 46.9 Å². The second kappa shape index (κ2) is 6.84. The Balaban J connectivity index is 1.36. The molecule has 1 aliphatic heterocycles. The molecule has 1 aliphatic rings. The topological polar surface area (TPSA) is 66.2 Å². The third-order valence-electron chi connectivity index (χ3n) is 4.87. The molecule has 134 valence electrons. The van der Waals surface area contributed by atoms with Crippen molar-refractivity contribution in [1.82, 2.24) is 10.3 Å². The van der Waals surface area contributed by atoms with Gasteiger partial charge >= 0.3 is 0 Å². The minimum absolute atomic E-state index is 0.0997. The highest BCUT2D eigenvalue weighted by molar-refractivity contribution is 5.97. The quantitative estimate of drug-likeness (QED) is 0.618. The van der Waals surface area contributed by atoms with Gasteiger partial charge in [0.1, 0.15) is 5.75 Å². The zero-order valence-electron chi connectivity index (χ0n) is 15.1. The summed E-state index contributed by atoms with van der Waals surface area (Å²) in [4.78, 5) is 15.1. The van der Waals surface area contributed by atoms with Gasteiger partial charge in [0.2, 0.25) is 0 Å². The molecule has 1 unspecified atom stereocenters. The standard InChI is InChI=1S/C21H23N3O2/c1-13-4-3-5-17-20(13)16(12-23-17)8-9-22-11-15-6-7-19-18(10-15)24-21(25)14(2)26-19/h3-7,10,12,14,22-23H,8-9,11H2,1-2H3,(H,24,25). The first-order valence-electron chi connectivity index (χ1n) is 8.98. The van der Waals surface area contributed by atoms with Crippen molar-refractivity contribution < 1.29 is 9.53 Å². The summed E-state index contributed by atoms with van der Waals surface area (Å²) in [5.41, 5.74) is 5.71. The molecule has 0 spiro atoms. The first-order chi connectivity index (χ1) is 12.6. The number of benzene rings is 2. The number of aryl methyl sites for hydroxylation is 1. The number of nitrogens with one attached hydrogen (secondary N) is 3. The third kappa shape index (κ3) is 3.18. The van der Waals surface area contributed by atoms with Gasteiger partial charge in [-0.15, -0.1) is 0 Å². The first-order valence-corrected chi connectivity index (χ1v) is 8.98. The van der Waals surface area contributed by atoms with Crippen molar-refractivity contribution in [3.63, 3.8) is 0 Å². The number of ether oxygens (including phenoxy) is 1. The van der Waals surface area contributed by atoms with Gasteiger partial charge in [0.25, 0.3) is 5.91 Å². The van der Waals surface area contributed by atoms with Gasteiger partial charge in [-0.05, 0) is 61.7 Å². The fourth-order valence-corrected chi connectivity index (χ4v) is 3.47. The lowest BCUT2D eigenvalue weighted by atomic mass is 10.1. The van der Waals surface area contributed by atoms with E-state index in [-0.39, 0.29) is 5.91 Å². The molecule has 1 aromatic heterocycles. The van der Waals surface area contributed by atoms with Gasteiger partial charge in [-0.1, -0.05) is 18.2 Å². The lowest BCUT2D eigenvalue weighted by Crippen LogP contribution is -2.34. The number of H-pyrrole nitrogens is 1. The number of carbonyl (C=O) groups is 1. The van der Waals surface area contributed by atoms with Crippen molar-refractivity contribution in [1.29, 1.82) is 0 Å². The van der Waals surface area contributed by atoms with Crippen LogP contribution in [0.25, 0.3) is 10.9 Å². The van der Waals surface area contributed by atoms with Crippen LogP contribution in [0.4, 0.5) is 5.69 Å². The van der Waals surface area contributed by atoms with Gasteiger partial charge < -0.3 is 20.4 Å². The van der Waals surface area contributed by atoms with Crippen molar-refractivity contribution in [2.75, 3.05) is 11.9 Å². The van der Waals surface area contributed by atoms with Crippen LogP contribution in [0, 0.1) is 6.92 Å². The summed E-state index contributed by atoms with van der Waals surface area (Å²) in [6.07, 6.45) is 2.63. The predicted molar refractivity (Wildman–Crippen MR) is 104 cm³/mol. The maximum atomic E-state index is 11.7. The molecule has 4 rings (SSSR count). The van der Waals surface area contributed by atoms with Crippen LogP contribution in [-0.2, 0) is 17.8 Å². The predicted octanol–water partition coefficient (Wildman–Crippen LogP) is 3.53. The van der Waals surface area contributed by atoms with Crippen LogP contribution in [0.15, 0.2) is 42.6 Å². The van der Waals surface area contributed by atoms with E-state index in [1.54, 1.807) is 6.92 Å². The molecule has 0 bridgehead atoms. The monoisotopic (exact) mass is 349 g/mol. The molecular formula is C21H23N3O2. The van der Waals surface area contributed by atoms with Crippen molar-refractivity contribution in [2.24, 2.45) is 0 Å². The van der Waals surface area contributed by atoms with Gasteiger partial charge in [0, 0.05) is 23.6 Å². The SMILES string of the molecule is Cc1cccc2[nH]cc(CCNCc3ccc4c(c3)NC(=O)C(C)O4)c12. The smallest absolute Gasteiger partial charge is 0.265 e. The molecule has 0 saturated heterocycles. The van der Waals surface area contributed by atoms with E-state index >= 15 is 0 Å². The molecular weight excluding hydrogens is 326 g/mol. The fourth-order valence-electron chi connectivity index (χ4n) is 3.47. The number of hydrogen-bond donors (Lipinski definition) is 3. The maximum Gasteiger partial charge on any atom is 0.265 e. The Morgan fingerprint density at radius 1 is 1.23 bits per heavy atom. The van der Waals surface area contributed by atoms with Crippen LogP contribution in [0.3, 0.4) is 0 Å². The van der Waals surface area contributed by atoms with Gasteiger partial charge in [0.05, 0.1) is 5.69 Å². The van der Waals surface area contributed by atoms with Crippen LogP contribution >= 0.6 is 0 Å². The Kier molecular flexibility index (Phi) is 4.39. The highest BCUT2D eigenvalue weighted by atomic mass is 16.5. The van der Waals surface area contributed by atoms with Crippen LogP contribution in [0.1, 0.15) is 23.6 Å². The molecule has 5 nitrogen and oxygen atoms in total. The molecule has 5 heteroatoms. The van der Waals surface area contributed by atoms with Gasteiger partial charge in [-0.25, -0.2) is 0 Å². The summed E-state index contributed by atoms with van der Waals surface area (Å²) < 4.78 is 5.59. The van der Waals surface area contributed by atoms with E-state index in [0.29, 0.717) is 0 Å². The highest BCUT2D eigenvalue weighted by Gasteiger charge is 2.23. The number of aromatic amines is 1. The van der Waals surface area contributed by atoms with Crippen molar-refractivity contribution in [3.05, 3.63) is 59.3 Å². The lowest BCUT2D eigenvalue weighted by Gasteiger charge is -2.23. The summed E-state index contributed by atoms with van der Waals surface area (Å²) in [6, 6.07) is 12.3. The molecule has 2 heterocycles. The first kappa shape index (κ1) is 16.7. The van der Waals surface area contributed by atoms with Crippen molar-refractivity contribution in [3.8, 4) is 5.75 Å². The average Bonchev–Trinajstić information content (AvgIpc) is 3.04. The molecule has 3 aromatic rings. The molecule has 2 aromatic carbocycles. The van der Waals surface area contributed by atoms with E-state index in [0.717, 1.165) is 36.5 Å². The number of rotatable bonds is 5. The number of hydrogen-bond acceptors (Lipinski definition) is 3. The molecule has 0 saturated carbocycles. The van der Waals surface area contributed by atoms with E-state index in [1.165, 1.54) is 22.0 Å². The van der Waals surface area contributed by atoms with Crippen LogP contribution in [0.2, 0.25) is 0 Å². The number of carbonyl (C=O) groups excluding carboxylic acids is 1. The molecule has 1 atom stereocenters. The average molecular weight is 349 g/mol. The molecule has 3 N–H and O–H groups in total. The van der Waals surface area contributed by atoms with Gasteiger partial charge in [-0.3, -0.25) is 4.79 Å². The zero-order chi connectivity index (χ0) is 18.1. The summed E-state index contributed by atoms with van der Waals surface area (Å²) in [5.74, 6) is 0.632. The fraction of sp³-hybridized carbons (Fsp3) is 0.286. The normalized spacial score (nSPS) is 16.2. The van der Waals surface area contributed by atoms with E-state index < -0.39 is 6.10 Å². The summed E-state index contributed by atoms with van der Waals surface area (Å²) in [6.45, 7) is 5.54. The van der Waals surface area contributed by atoms with Gasteiger partial charge in [-0.2, -0.15) is 0 Å². The lowest BCUT2D eigenvalue weighted by molar-refractivity contribution is -0.122. The Hall–Kier alpha value is -2.79. The maximum absolute atomic E-state index is 11.7. The number of aromatic nitrogens is 1. The number of amides is 1. The molecule has 0 radical (unpaired) electrons. The number of anilines is 1. The largest absolute Gasteiger partial charge is 0.479 e. The number of fused-ring (bicyclic) bond motifs is 2. The molecule has 1 amide bonds. The zero-order valence-corrected chi connectivity index (χ0v) is 15.1. The summed E-state index contributed by atoms with van der Waals surface area (Å²) in [7, 11) is 0.